The van der Waals surface area contributed by atoms with Crippen molar-refractivity contribution in [3.63, 3.8) is 0 Å². The minimum atomic E-state index is -1.17. The van der Waals surface area contributed by atoms with Gasteiger partial charge in [0, 0.05) is 16.8 Å². The van der Waals surface area contributed by atoms with Crippen molar-refractivity contribution in [1.82, 2.24) is 4.98 Å². The van der Waals surface area contributed by atoms with E-state index >= 15 is 0 Å². The highest BCUT2D eigenvalue weighted by Gasteiger charge is 2.27. The highest BCUT2D eigenvalue weighted by molar-refractivity contribution is 5.98. The summed E-state index contributed by atoms with van der Waals surface area (Å²) >= 11 is 0. The minimum absolute atomic E-state index is 0.126. The third kappa shape index (κ3) is 4.81. The number of hydrogen-bond donors (Lipinski definition) is 1. The first-order valence-corrected chi connectivity index (χ1v) is 8.68. The van der Waals surface area contributed by atoms with E-state index in [0.717, 1.165) is 0 Å². The molecule has 3 rings (SSSR count). The maximum absolute atomic E-state index is 13.0. The van der Waals surface area contributed by atoms with Crippen molar-refractivity contribution in [2.45, 2.75) is 13.0 Å². The molecule has 2 aromatic carbocycles. The predicted molar refractivity (Wildman–Crippen MR) is 106 cm³/mol. The van der Waals surface area contributed by atoms with Crippen LogP contribution in [0.1, 0.15) is 28.9 Å². The van der Waals surface area contributed by atoms with Gasteiger partial charge in [0.05, 0.1) is 0 Å². The third-order valence-electron chi connectivity index (χ3n) is 4.05. The summed E-state index contributed by atoms with van der Waals surface area (Å²) in [6, 6.07) is 17.9. The predicted octanol–water partition coefficient (Wildman–Crippen LogP) is 3.95. The molecule has 0 aliphatic heterocycles. The molecule has 0 spiro atoms. The number of carbonyl (C=O) groups is 2. The number of hydrogen-bond acceptors (Lipinski definition) is 6. The second-order valence-corrected chi connectivity index (χ2v) is 6.12. The number of nitrogens with zero attached hydrogens (tertiary/aromatic N) is 2. The first kappa shape index (κ1) is 19.7. The summed E-state index contributed by atoms with van der Waals surface area (Å²) in [6.07, 6.45) is 0.107. The summed E-state index contributed by atoms with van der Waals surface area (Å²) in [5.41, 5.74) is 1.36. The molecule has 29 heavy (non-hydrogen) atoms. The summed E-state index contributed by atoms with van der Waals surface area (Å²) in [7, 11) is 0. The Morgan fingerprint density at radius 3 is 2.52 bits per heavy atom. The summed E-state index contributed by atoms with van der Waals surface area (Å²) in [5.74, 6) is -1.29. The van der Waals surface area contributed by atoms with E-state index in [9.17, 15) is 19.7 Å². The number of anilines is 1. The normalized spacial score (nSPS) is 11.3. The second-order valence-electron chi connectivity index (χ2n) is 6.12. The molecule has 1 aromatic heterocycles. The van der Waals surface area contributed by atoms with Gasteiger partial charge in [-0.3, -0.25) is 9.59 Å². The molecule has 1 atom stereocenters. The Bertz CT molecular complexity index is 1050. The van der Waals surface area contributed by atoms with Crippen LogP contribution in [-0.2, 0) is 4.79 Å². The van der Waals surface area contributed by atoms with Crippen LogP contribution in [0.2, 0.25) is 0 Å². The summed E-state index contributed by atoms with van der Waals surface area (Å²) in [4.78, 5) is 38.8. The Hall–Kier alpha value is -4.07. The lowest BCUT2D eigenvalue weighted by atomic mass is 10.1. The number of ether oxygens (including phenoxy) is 1. The van der Waals surface area contributed by atoms with E-state index in [1.807, 2.05) is 0 Å². The first-order valence-electron chi connectivity index (χ1n) is 8.68. The van der Waals surface area contributed by atoms with Gasteiger partial charge in [0.1, 0.15) is 6.20 Å². The molecule has 0 fully saturated rings. The van der Waals surface area contributed by atoms with E-state index < -0.39 is 22.8 Å². The van der Waals surface area contributed by atoms with Crippen LogP contribution < -0.4 is 10.1 Å². The molecule has 8 heteroatoms. The van der Waals surface area contributed by atoms with Gasteiger partial charge in [-0.25, -0.2) is 0 Å². The van der Waals surface area contributed by atoms with Gasteiger partial charge in [-0.05, 0) is 41.1 Å². The van der Waals surface area contributed by atoms with Crippen LogP contribution in [0.5, 0.6) is 5.75 Å². The van der Waals surface area contributed by atoms with E-state index in [1.54, 1.807) is 54.6 Å². The monoisotopic (exact) mass is 391 g/mol. The van der Waals surface area contributed by atoms with Crippen LogP contribution in [0.4, 0.5) is 11.5 Å². The van der Waals surface area contributed by atoms with E-state index in [-0.39, 0.29) is 11.5 Å². The maximum Gasteiger partial charge on any atom is 0.406 e. The zero-order valence-corrected chi connectivity index (χ0v) is 15.4. The molecule has 0 radical (unpaired) electrons. The SMILES string of the molecule is CC(=O)c1cccc(NC(=O)[C@@H](Oc2cccnc2[N+](=O)[O-])c2ccccc2)c1. The molecular formula is C21H17N3O5. The topological polar surface area (TPSA) is 111 Å². The molecular weight excluding hydrogens is 374 g/mol. The second kappa shape index (κ2) is 8.75. The van der Waals surface area contributed by atoms with E-state index in [0.29, 0.717) is 16.8 Å². The number of amides is 1. The zero-order valence-electron chi connectivity index (χ0n) is 15.4. The van der Waals surface area contributed by atoms with Crippen molar-refractivity contribution in [3.8, 4) is 5.75 Å². The Labute approximate surface area is 166 Å². The van der Waals surface area contributed by atoms with Gasteiger partial charge in [0.25, 0.3) is 5.91 Å². The van der Waals surface area contributed by atoms with Crippen molar-refractivity contribution < 1.29 is 19.2 Å². The van der Waals surface area contributed by atoms with Crippen LogP contribution in [-0.4, -0.2) is 21.6 Å². The summed E-state index contributed by atoms with van der Waals surface area (Å²) in [6.45, 7) is 1.43. The van der Waals surface area contributed by atoms with Crippen LogP contribution in [0.15, 0.2) is 72.9 Å². The summed E-state index contributed by atoms with van der Waals surface area (Å²) in [5, 5.41) is 13.9. The van der Waals surface area contributed by atoms with Crippen LogP contribution >= 0.6 is 0 Å². The molecule has 1 heterocycles. The quantitative estimate of drug-likeness (QED) is 0.371. The molecule has 0 unspecified atom stereocenters. The van der Waals surface area contributed by atoms with Crippen LogP contribution in [0.25, 0.3) is 0 Å². The zero-order chi connectivity index (χ0) is 20.8. The van der Waals surface area contributed by atoms with Gasteiger partial charge in [-0.15, -0.1) is 0 Å². The number of Topliss-reactive ketones (excluding diaryl/α,β-unsaturated/α-hetero) is 1. The fraction of sp³-hybridized carbons (Fsp3) is 0.0952. The number of aromatic nitrogens is 1. The molecule has 0 aliphatic carbocycles. The van der Waals surface area contributed by atoms with Gasteiger partial charge in [0.15, 0.2) is 5.78 Å². The molecule has 3 aromatic rings. The Morgan fingerprint density at radius 2 is 1.83 bits per heavy atom. The number of carbonyl (C=O) groups excluding carboxylic acids is 2. The number of pyridine rings is 1. The average molecular weight is 391 g/mol. The highest BCUT2D eigenvalue weighted by Crippen LogP contribution is 2.29. The van der Waals surface area contributed by atoms with Crippen molar-refractivity contribution in [1.29, 1.82) is 0 Å². The molecule has 0 bridgehead atoms. The van der Waals surface area contributed by atoms with Crippen molar-refractivity contribution in [2.24, 2.45) is 0 Å². The Kier molecular flexibility index (Phi) is 5.94. The molecule has 0 aliphatic rings. The van der Waals surface area contributed by atoms with Crippen LogP contribution in [0.3, 0.4) is 0 Å². The van der Waals surface area contributed by atoms with Gasteiger partial charge in [-0.1, -0.05) is 42.5 Å². The van der Waals surface area contributed by atoms with Gasteiger partial charge >= 0.3 is 5.82 Å². The average Bonchev–Trinajstić information content (AvgIpc) is 2.73. The number of ketones is 1. The maximum atomic E-state index is 13.0. The fourth-order valence-electron chi connectivity index (χ4n) is 2.66. The lowest BCUT2D eigenvalue weighted by Crippen LogP contribution is -2.26. The van der Waals surface area contributed by atoms with Gasteiger partial charge in [0.2, 0.25) is 11.9 Å². The largest absolute Gasteiger partial charge is 0.467 e. The molecule has 146 valence electrons. The van der Waals surface area contributed by atoms with Gasteiger partial charge in [-0.2, -0.15) is 0 Å². The molecule has 1 N–H and O–H groups in total. The molecule has 0 saturated carbocycles. The lowest BCUT2D eigenvalue weighted by Gasteiger charge is -2.19. The number of nitro groups is 1. The number of benzene rings is 2. The Balaban J connectivity index is 1.92. The third-order valence-corrected chi connectivity index (χ3v) is 4.05. The first-order chi connectivity index (χ1) is 14.0. The van der Waals surface area contributed by atoms with Crippen molar-refractivity contribution >= 4 is 23.2 Å². The minimum Gasteiger partial charge on any atom is -0.467 e. The molecule has 8 nitrogen and oxygen atoms in total. The molecule has 0 saturated heterocycles. The standard InChI is InChI=1S/C21H17N3O5/c1-14(25)16-9-5-10-17(13-16)23-21(26)19(15-7-3-2-4-8-15)29-18-11-6-12-22-20(18)24(27)28/h2-13,19H,1H3,(H,23,26)/t19-/m0/s1. The molecule has 1 amide bonds. The van der Waals surface area contributed by atoms with E-state index in [2.05, 4.69) is 10.3 Å². The van der Waals surface area contributed by atoms with E-state index in [4.69, 9.17) is 4.74 Å². The smallest absolute Gasteiger partial charge is 0.406 e. The number of nitrogens with one attached hydrogen (secondary N) is 1. The Morgan fingerprint density at radius 1 is 1.07 bits per heavy atom. The van der Waals surface area contributed by atoms with Crippen molar-refractivity contribution in [3.05, 3.63) is 94.2 Å². The lowest BCUT2D eigenvalue weighted by molar-refractivity contribution is -0.390. The van der Waals surface area contributed by atoms with Gasteiger partial charge < -0.3 is 20.2 Å². The highest BCUT2D eigenvalue weighted by atomic mass is 16.6. The summed E-state index contributed by atoms with van der Waals surface area (Å²) < 4.78 is 5.72. The van der Waals surface area contributed by atoms with Crippen LogP contribution in [0, 0.1) is 10.1 Å². The number of rotatable bonds is 7. The van der Waals surface area contributed by atoms with Crippen molar-refractivity contribution in [2.75, 3.05) is 5.32 Å². The fourth-order valence-corrected chi connectivity index (χ4v) is 2.66. The van der Waals surface area contributed by atoms with E-state index in [1.165, 1.54) is 25.3 Å².